The summed E-state index contributed by atoms with van der Waals surface area (Å²) in [6.07, 6.45) is 12.4. The zero-order valence-electron chi connectivity index (χ0n) is 11.1. The molecule has 4 aliphatic carbocycles. The minimum Gasteiger partial charge on any atom is -0.0622 e. The van der Waals surface area contributed by atoms with Crippen LogP contribution in [0.5, 0.6) is 0 Å². The molecule has 0 aromatic heterocycles. The lowest BCUT2D eigenvalue weighted by molar-refractivity contribution is 0.360. The van der Waals surface area contributed by atoms with Crippen LogP contribution in [-0.2, 0) is 0 Å². The molecule has 0 amide bonds. The van der Waals surface area contributed by atoms with E-state index >= 15 is 0 Å². The van der Waals surface area contributed by atoms with Crippen LogP contribution in [0, 0.1) is 35.5 Å². The third-order valence-electron chi connectivity index (χ3n) is 6.18. The van der Waals surface area contributed by atoms with Crippen molar-refractivity contribution in [3.05, 3.63) is 0 Å². The van der Waals surface area contributed by atoms with Gasteiger partial charge >= 0.3 is 0 Å². The zero-order valence-corrected chi connectivity index (χ0v) is 11.1. The fraction of sp³-hybridized carbons (Fsp3) is 1.00. The predicted molar refractivity (Wildman–Crippen MR) is 69.2 cm³/mol. The first-order chi connectivity index (χ1) is 7.72. The van der Waals surface area contributed by atoms with E-state index in [-0.39, 0.29) is 0 Å². The SMILES string of the molecule is CC1CC2CCC1C2.CC1CC2CC[C@@H]1C2. The lowest BCUT2D eigenvalue weighted by Crippen LogP contribution is -2.04. The van der Waals surface area contributed by atoms with E-state index in [4.69, 9.17) is 0 Å². The summed E-state index contributed by atoms with van der Waals surface area (Å²) in [6.45, 7) is 4.84. The molecule has 0 saturated heterocycles. The van der Waals surface area contributed by atoms with E-state index < -0.39 is 0 Å². The number of fused-ring (bicyclic) bond motifs is 4. The molecular weight excluding hydrogens is 192 g/mol. The first-order valence-electron chi connectivity index (χ1n) is 7.72. The fourth-order valence-corrected chi connectivity index (χ4v) is 5.13. The molecule has 4 fully saturated rings. The van der Waals surface area contributed by atoms with Gasteiger partial charge in [-0.15, -0.1) is 0 Å². The average molecular weight is 220 g/mol. The van der Waals surface area contributed by atoms with Gasteiger partial charge in [0.05, 0.1) is 0 Å². The van der Waals surface area contributed by atoms with Gasteiger partial charge in [-0.05, 0) is 74.0 Å². The third-order valence-corrected chi connectivity index (χ3v) is 6.18. The second kappa shape index (κ2) is 4.35. The summed E-state index contributed by atoms with van der Waals surface area (Å²) < 4.78 is 0. The number of hydrogen-bond donors (Lipinski definition) is 0. The highest BCUT2D eigenvalue weighted by Crippen LogP contribution is 2.48. The van der Waals surface area contributed by atoms with Crippen molar-refractivity contribution in [2.24, 2.45) is 35.5 Å². The maximum absolute atomic E-state index is 2.42. The molecule has 4 aliphatic rings. The summed E-state index contributed by atoms with van der Waals surface area (Å²) in [6, 6.07) is 0. The van der Waals surface area contributed by atoms with Gasteiger partial charge in [-0.2, -0.15) is 0 Å². The highest BCUT2D eigenvalue weighted by atomic mass is 14.4. The zero-order chi connectivity index (χ0) is 11.1. The summed E-state index contributed by atoms with van der Waals surface area (Å²) in [5.41, 5.74) is 0. The summed E-state index contributed by atoms with van der Waals surface area (Å²) in [5.74, 6) is 6.73. The van der Waals surface area contributed by atoms with Crippen molar-refractivity contribution < 1.29 is 0 Å². The van der Waals surface area contributed by atoms with Crippen LogP contribution in [0.2, 0.25) is 0 Å². The average Bonchev–Trinajstić information content (AvgIpc) is 2.94. The first-order valence-corrected chi connectivity index (χ1v) is 7.72. The molecule has 92 valence electrons. The highest BCUT2D eigenvalue weighted by Gasteiger charge is 2.37. The van der Waals surface area contributed by atoms with Crippen molar-refractivity contribution in [1.82, 2.24) is 0 Å². The lowest BCUT2D eigenvalue weighted by atomic mass is 9.91. The summed E-state index contributed by atoms with van der Waals surface area (Å²) in [7, 11) is 0. The molecule has 5 unspecified atom stereocenters. The Morgan fingerprint density at radius 2 is 1.00 bits per heavy atom. The third kappa shape index (κ3) is 2.05. The van der Waals surface area contributed by atoms with Crippen LogP contribution in [0.25, 0.3) is 0 Å². The standard InChI is InChI=1S/2C8H14/c2*1-6-4-7-2-3-8(6)5-7/h2*6-8H,2-5H2,1H3/t6?,7?,8-;/m1./s1. The molecule has 4 rings (SSSR count). The molecule has 0 aromatic carbocycles. The van der Waals surface area contributed by atoms with E-state index in [2.05, 4.69) is 13.8 Å². The minimum atomic E-state index is 1.08. The Hall–Kier alpha value is 0. The van der Waals surface area contributed by atoms with Crippen molar-refractivity contribution in [1.29, 1.82) is 0 Å². The molecule has 4 bridgehead atoms. The second-order valence-electron chi connectivity index (χ2n) is 7.30. The van der Waals surface area contributed by atoms with Crippen LogP contribution >= 0.6 is 0 Å². The van der Waals surface area contributed by atoms with Crippen LogP contribution in [-0.4, -0.2) is 0 Å². The molecule has 0 nitrogen and oxygen atoms in total. The van der Waals surface area contributed by atoms with Gasteiger partial charge in [0.2, 0.25) is 0 Å². The van der Waals surface area contributed by atoms with E-state index in [1.54, 1.807) is 51.4 Å². The predicted octanol–water partition coefficient (Wildman–Crippen LogP) is 4.89. The van der Waals surface area contributed by atoms with Gasteiger partial charge in [0.25, 0.3) is 0 Å². The van der Waals surface area contributed by atoms with Gasteiger partial charge in [0.15, 0.2) is 0 Å². The number of hydrogen-bond acceptors (Lipinski definition) is 0. The molecule has 4 saturated carbocycles. The Bertz CT molecular complexity index is 214. The van der Waals surface area contributed by atoms with Crippen LogP contribution in [0.3, 0.4) is 0 Å². The summed E-state index contributed by atoms with van der Waals surface area (Å²) >= 11 is 0. The monoisotopic (exact) mass is 220 g/mol. The van der Waals surface area contributed by atoms with Crippen molar-refractivity contribution >= 4 is 0 Å². The van der Waals surface area contributed by atoms with Crippen molar-refractivity contribution in [3.8, 4) is 0 Å². The van der Waals surface area contributed by atoms with Crippen molar-refractivity contribution in [2.45, 2.75) is 65.2 Å². The molecule has 0 spiro atoms. The Balaban J connectivity index is 0.000000101. The van der Waals surface area contributed by atoms with Gasteiger partial charge in [-0.3, -0.25) is 0 Å². The Morgan fingerprint density at radius 3 is 1.12 bits per heavy atom. The molecule has 0 aliphatic heterocycles. The lowest BCUT2D eigenvalue weighted by Gasteiger charge is -2.15. The fourth-order valence-electron chi connectivity index (χ4n) is 5.13. The topological polar surface area (TPSA) is 0 Å². The largest absolute Gasteiger partial charge is 0.0622 e. The van der Waals surface area contributed by atoms with Crippen LogP contribution < -0.4 is 0 Å². The maximum atomic E-state index is 2.42. The summed E-state index contributed by atoms with van der Waals surface area (Å²) in [5, 5.41) is 0. The van der Waals surface area contributed by atoms with Crippen LogP contribution in [0.4, 0.5) is 0 Å². The van der Waals surface area contributed by atoms with Gasteiger partial charge < -0.3 is 0 Å². The Kier molecular flexibility index (Phi) is 3.02. The van der Waals surface area contributed by atoms with E-state index in [0.29, 0.717) is 0 Å². The molecule has 0 aromatic rings. The van der Waals surface area contributed by atoms with E-state index in [9.17, 15) is 0 Å². The van der Waals surface area contributed by atoms with E-state index in [0.717, 1.165) is 35.5 Å². The molecule has 6 atom stereocenters. The summed E-state index contributed by atoms with van der Waals surface area (Å²) in [4.78, 5) is 0. The molecule has 0 radical (unpaired) electrons. The Labute approximate surface area is 101 Å². The van der Waals surface area contributed by atoms with E-state index in [1.165, 1.54) is 0 Å². The first kappa shape index (κ1) is 11.1. The Morgan fingerprint density at radius 1 is 0.562 bits per heavy atom. The smallest absolute Gasteiger partial charge is 0.0386 e. The second-order valence-corrected chi connectivity index (χ2v) is 7.30. The van der Waals surface area contributed by atoms with Crippen LogP contribution in [0.1, 0.15) is 65.2 Å². The molecule has 0 N–H and O–H groups in total. The van der Waals surface area contributed by atoms with Crippen LogP contribution in [0.15, 0.2) is 0 Å². The maximum Gasteiger partial charge on any atom is -0.0386 e. The van der Waals surface area contributed by atoms with Gasteiger partial charge in [0.1, 0.15) is 0 Å². The normalized spacial score (nSPS) is 52.9. The molecule has 0 heterocycles. The number of rotatable bonds is 0. The van der Waals surface area contributed by atoms with Gasteiger partial charge in [-0.1, -0.05) is 26.7 Å². The molecule has 0 heteroatoms. The van der Waals surface area contributed by atoms with Crippen molar-refractivity contribution in [3.63, 3.8) is 0 Å². The minimum absolute atomic E-state index is 1.08. The van der Waals surface area contributed by atoms with Gasteiger partial charge in [0, 0.05) is 0 Å². The van der Waals surface area contributed by atoms with Gasteiger partial charge in [-0.25, -0.2) is 0 Å². The quantitative estimate of drug-likeness (QED) is 0.545. The highest BCUT2D eigenvalue weighted by molar-refractivity contribution is 4.88. The molecular formula is C16H28. The van der Waals surface area contributed by atoms with E-state index in [1.807, 2.05) is 0 Å². The molecule has 16 heavy (non-hydrogen) atoms. The van der Waals surface area contributed by atoms with Crippen molar-refractivity contribution in [2.75, 3.05) is 0 Å².